The maximum Gasteiger partial charge on any atom is 0.313 e. The quantitative estimate of drug-likeness (QED) is 0.611. The van der Waals surface area contributed by atoms with Crippen molar-refractivity contribution in [1.29, 1.82) is 0 Å². The number of phenols is 1. The van der Waals surface area contributed by atoms with Gasteiger partial charge in [0.25, 0.3) is 0 Å². The highest BCUT2D eigenvalue weighted by atomic mass is 16.4. The van der Waals surface area contributed by atoms with Crippen LogP contribution in [0.2, 0.25) is 0 Å². The molecule has 2 N–H and O–H groups in total. The Labute approximate surface area is 104 Å². The molecule has 0 aliphatic carbocycles. The Hall–Kier alpha value is -2.17. The molecule has 0 spiro atoms. The number of aryl methyl sites for hydroxylation is 1. The number of hydrogen-bond donors (Lipinski definition) is 2. The van der Waals surface area contributed by atoms with Gasteiger partial charge < -0.3 is 10.2 Å². The van der Waals surface area contributed by atoms with Gasteiger partial charge in [0.05, 0.1) is 12.0 Å². The maximum absolute atomic E-state index is 11.7. The molecule has 0 heterocycles. The third-order valence-corrected chi connectivity index (χ3v) is 2.64. The summed E-state index contributed by atoms with van der Waals surface area (Å²) in [6, 6.07) is 4.47. The highest BCUT2D eigenvalue weighted by Crippen LogP contribution is 2.20. The second kappa shape index (κ2) is 5.44. The number of hydrogen-bond acceptors (Lipinski definition) is 4. The van der Waals surface area contributed by atoms with E-state index in [1.165, 1.54) is 19.1 Å². The van der Waals surface area contributed by atoms with E-state index in [0.29, 0.717) is 0 Å². The molecule has 0 saturated carbocycles. The van der Waals surface area contributed by atoms with E-state index >= 15 is 0 Å². The van der Waals surface area contributed by atoms with Crippen molar-refractivity contribution < 1.29 is 24.6 Å². The number of benzene rings is 1. The molecule has 0 amide bonds. The van der Waals surface area contributed by atoms with Crippen LogP contribution in [0.5, 0.6) is 5.75 Å². The molecule has 5 heteroatoms. The van der Waals surface area contributed by atoms with Gasteiger partial charge in [0.2, 0.25) is 0 Å². The molecule has 0 aliphatic rings. The molecule has 18 heavy (non-hydrogen) atoms. The van der Waals surface area contributed by atoms with Crippen LogP contribution in [-0.2, 0) is 9.59 Å². The summed E-state index contributed by atoms with van der Waals surface area (Å²) in [5.41, 5.74) is 0.820. The molecule has 0 bridgehead atoms. The third kappa shape index (κ3) is 3.16. The largest absolute Gasteiger partial charge is 0.507 e. The van der Waals surface area contributed by atoms with E-state index < -0.39 is 29.9 Å². The SMILES string of the molecule is Cc1ccc(C(=O)CC(=O)C(C)C(=O)O)c(O)c1. The highest BCUT2D eigenvalue weighted by Gasteiger charge is 2.24. The van der Waals surface area contributed by atoms with E-state index in [1.807, 2.05) is 0 Å². The van der Waals surface area contributed by atoms with Gasteiger partial charge in [0.1, 0.15) is 11.7 Å². The number of carboxylic acids is 1. The van der Waals surface area contributed by atoms with Gasteiger partial charge in [0.15, 0.2) is 11.6 Å². The Bertz CT molecular complexity index is 504. The Morgan fingerprint density at radius 1 is 1.28 bits per heavy atom. The van der Waals surface area contributed by atoms with Crippen LogP contribution in [0.15, 0.2) is 18.2 Å². The molecular weight excluding hydrogens is 236 g/mol. The fourth-order valence-corrected chi connectivity index (χ4v) is 1.42. The van der Waals surface area contributed by atoms with Crippen LogP contribution in [0.25, 0.3) is 0 Å². The second-order valence-electron chi connectivity index (χ2n) is 4.15. The molecule has 1 aromatic carbocycles. The lowest BCUT2D eigenvalue weighted by Crippen LogP contribution is -2.23. The van der Waals surface area contributed by atoms with Gasteiger partial charge in [-0.2, -0.15) is 0 Å². The first-order valence-corrected chi connectivity index (χ1v) is 5.41. The van der Waals surface area contributed by atoms with Crippen molar-refractivity contribution in [2.24, 2.45) is 5.92 Å². The predicted octanol–water partition coefficient (Wildman–Crippen LogP) is 1.56. The number of phenolic OH excluding ortho intramolecular Hbond substituents is 1. The summed E-state index contributed by atoms with van der Waals surface area (Å²) in [5, 5.41) is 18.2. The number of carbonyl (C=O) groups excluding carboxylic acids is 2. The summed E-state index contributed by atoms with van der Waals surface area (Å²) < 4.78 is 0. The summed E-state index contributed by atoms with van der Waals surface area (Å²) in [7, 11) is 0. The van der Waals surface area contributed by atoms with Gasteiger partial charge in [-0.05, 0) is 31.5 Å². The molecule has 1 unspecified atom stereocenters. The summed E-state index contributed by atoms with van der Waals surface area (Å²) in [6.07, 6.45) is -0.524. The molecule has 1 aromatic rings. The average molecular weight is 250 g/mol. The van der Waals surface area contributed by atoms with Crippen LogP contribution in [0.1, 0.15) is 29.3 Å². The normalized spacial score (nSPS) is 11.9. The molecule has 0 fully saturated rings. The number of carboxylic acid groups (broad SMARTS) is 1. The average Bonchev–Trinajstić information content (AvgIpc) is 2.27. The molecular formula is C13H14O5. The lowest BCUT2D eigenvalue weighted by Gasteiger charge is -2.06. The van der Waals surface area contributed by atoms with Crippen LogP contribution < -0.4 is 0 Å². The van der Waals surface area contributed by atoms with E-state index in [2.05, 4.69) is 0 Å². The lowest BCUT2D eigenvalue weighted by atomic mass is 9.97. The molecule has 0 saturated heterocycles. The van der Waals surface area contributed by atoms with Crippen LogP contribution >= 0.6 is 0 Å². The molecule has 5 nitrogen and oxygen atoms in total. The van der Waals surface area contributed by atoms with Gasteiger partial charge in [-0.1, -0.05) is 6.07 Å². The highest BCUT2D eigenvalue weighted by molar-refractivity contribution is 6.13. The fourth-order valence-electron chi connectivity index (χ4n) is 1.42. The number of carbonyl (C=O) groups is 3. The van der Waals surface area contributed by atoms with Crippen molar-refractivity contribution in [3.8, 4) is 5.75 Å². The Morgan fingerprint density at radius 2 is 1.89 bits per heavy atom. The maximum atomic E-state index is 11.7. The minimum Gasteiger partial charge on any atom is -0.507 e. The minimum atomic E-state index is -1.26. The number of aliphatic carboxylic acids is 1. The van der Waals surface area contributed by atoms with Crippen molar-refractivity contribution in [1.82, 2.24) is 0 Å². The van der Waals surface area contributed by atoms with Crippen molar-refractivity contribution in [3.63, 3.8) is 0 Å². The van der Waals surface area contributed by atoms with Gasteiger partial charge in [-0.3, -0.25) is 14.4 Å². The smallest absolute Gasteiger partial charge is 0.313 e. The topological polar surface area (TPSA) is 91.7 Å². The van der Waals surface area contributed by atoms with Crippen molar-refractivity contribution >= 4 is 17.5 Å². The Balaban J connectivity index is 2.83. The van der Waals surface area contributed by atoms with E-state index in [4.69, 9.17) is 5.11 Å². The summed E-state index contributed by atoms with van der Waals surface area (Å²) in [4.78, 5) is 33.8. The van der Waals surface area contributed by atoms with Gasteiger partial charge >= 0.3 is 5.97 Å². The first-order chi connectivity index (χ1) is 8.32. The number of rotatable bonds is 5. The van der Waals surface area contributed by atoms with Gasteiger partial charge in [0, 0.05) is 0 Å². The number of ketones is 2. The first kappa shape index (κ1) is 13.9. The zero-order valence-corrected chi connectivity index (χ0v) is 10.1. The molecule has 0 radical (unpaired) electrons. The zero-order chi connectivity index (χ0) is 13.9. The van der Waals surface area contributed by atoms with Gasteiger partial charge in [-0.15, -0.1) is 0 Å². The lowest BCUT2D eigenvalue weighted by molar-refractivity contribution is -0.145. The van der Waals surface area contributed by atoms with Crippen molar-refractivity contribution in [3.05, 3.63) is 29.3 Å². The fraction of sp³-hybridized carbons (Fsp3) is 0.308. The summed E-state index contributed by atoms with van der Waals surface area (Å²) in [6.45, 7) is 2.98. The Kier molecular flexibility index (Phi) is 4.20. The van der Waals surface area contributed by atoms with Crippen LogP contribution in [0, 0.1) is 12.8 Å². The van der Waals surface area contributed by atoms with Crippen LogP contribution in [0.3, 0.4) is 0 Å². The van der Waals surface area contributed by atoms with Crippen LogP contribution in [0.4, 0.5) is 0 Å². The number of aromatic hydroxyl groups is 1. The van der Waals surface area contributed by atoms with Gasteiger partial charge in [-0.25, -0.2) is 0 Å². The number of Topliss-reactive ketones (excluding diaryl/α,β-unsaturated/α-hetero) is 2. The minimum absolute atomic E-state index is 0.0338. The van der Waals surface area contributed by atoms with Crippen molar-refractivity contribution in [2.45, 2.75) is 20.3 Å². The third-order valence-electron chi connectivity index (χ3n) is 2.64. The van der Waals surface area contributed by atoms with Crippen LogP contribution in [-0.4, -0.2) is 27.7 Å². The van der Waals surface area contributed by atoms with E-state index in [1.54, 1.807) is 13.0 Å². The predicted molar refractivity (Wildman–Crippen MR) is 63.6 cm³/mol. The summed E-state index contributed by atoms with van der Waals surface area (Å²) in [5.74, 6) is -3.93. The molecule has 1 rings (SSSR count). The zero-order valence-electron chi connectivity index (χ0n) is 10.1. The first-order valence-electron chi connectivity index (χ1n) is 5.41. The molecule has 96 valence electrons. The van der Waals surface area contributed by atoms with E-state index in [9.17, 15) is 19.5 Å². The van der Waals surface area contributed by atoms with E-state index in [-0.39, 0.29) is 11.3 Å². The standard InChI is InChI=1S/C13H14O5/c1-7-3-4-9(11(15)5-7)12(16)6-10(14)8(2)13(17)18/h3-5,8,15H,6H2,1-2H3,(H,17,18). The second-order valence-corrected chi connectivity index (χ2v) is 4.15. The molecule has 1 atom stereocenters. The Morgan fingerprint density at radius 3 is 2.39 bits per heavy atom. The molecule has 0 aliphatic heterocycles. The van der Waals surface area contributed by atoms with E-state index in [0.717, 1.165) is 5.56 Å². The summed E-state index contributed by atoms with van der Waals surface area (Å²) >= 11 is 0. The monoisotopic (exact) mass is 250 g/mol. The van der Waals surface area contributed by atoms with Crippen molar-refractivity contribution in [2.75, 3.05) is 0 Å². The molecule has 0 aromatic heterocycles.